The molecule has 2 amide bonds. The zero-order valence-electron chi connectivity index (χ0n) is 17.7. The average Bonchev–Trinajstić information content (AvgIpc) is 2.65. The maximum absolute atomic E-state index is 13.1. The zero-order valence-corrected chi connectivity index (χ0v) is 20.1. The molecule has 0 heterocycles. The first-order valence-electron chi connectivity index (χ1n) is 9.74. The highest BCUT2D eigenvalue weighted by molar-refractivity contribution is 7.99. The van der Waals surface area contributed by atoms with Crippen molar-refractivity contribution in [2.45, 2.75) is 51.6 Å². The minimum absolute atomic E-state index is 0.112. The van der Waals surface area contributed by atoms with E-state index in [9.17, 15) is 9.59 Å². The van der Waals surface area contributed by atoms with E-state index in [1.54, 1.807) is 17.9 Å². The van der Waals surface area contributed by atoms with Gasteiger partial charge in [-0.2, -0.15) is 0 Å². The highest BCUT2D eigenvalue weighted by Gasteiger charge is 2.28. The van der Waals surface area contributed by atoms with Crippen LogP contribution in [0.2, 0.25) is 10.0 Å². The second-order valence-corrected chi connectivity index (χ2v) is 9.98. The summed E-state index contributed by atoms with van der Waals surface area (Å²) in [6, 6.07) is 14.3. The van der Waals surface area contributed by atoms with Crippen molar-refractivity contribution in [1.29, 1.82) is 0 Å². The third-order valence-electron chi connectivity index (χ3n) is 4.35. The normalized spacial score (nSPS) is 12.3. The Kier molecular flexibility index (Phi) is 9.08. The molecule has 4 nitrogen and oxygen atoms in total. The van der Waals surface area contributed by atoms with Crippen LogP contribution < -0.4 is 5.32 Å². The monoisotopic (exact) mass is 466 g/mol. The molecule has 2 rings (SSSR count). The first-order chi connectivity index (χ1) is 14.1. The first-order valence-corrected chi connectivity index (χ1v) is 11.6. The van der Waals surface area contributed by atoms with Gasteiger partial charge in [0.2, 0.25) is 11.8 Å². The van der Waals surface area contributed by atoms with Gasteiger partial charge in [-0.1, -0.05) is 53.5 Å². The van der Waals surface area contributed by atoms with Gasteiger partial charge in [0.15, 0.2) is 0 Å². The molecule has 0 unspecified atom stereocenters. The Morgan fingerprint density at radius 1 is 1.10 bits per heavy atom. The van der Waals surface area contributed by atoms with Crippen LogP contribution in [0.5, 0.6) is 0 Å². The van der Waals surface area contributed by atoms with E-state index in [0.717, 1.165) is 11.1 Å². The van der Waals surface area contributed by atoms with Crippen LogP contribution in [-0.2, 0) is 21.9 Å². The van der Waals surface area contributed by atoms with Crippen LogP contribution >= 0.6 is 35.0 Å². The summed E-state index contributed by atoms with van der Waals surface area (Å²) in [5, 5.41) is 4.20. The van der Waals surface area contributed by atoms with Gasteiger partial charge in [0.05, 0.1) is 5.75 Å². The van der Waals surface area contributed by atoms with Gasteiger partial charge in [-0.3, -0.25) is 9.59 Å². The third kappa shape index (κ3) is 7.86. The van der Waals surface area contributed by atoms with E-state index in [0.29, 0.717) is 15.8 Å². The standard InChI is InChI=1S/C23H28Cl2N2O2S/c1-16(22(29)26-23(2,3)4)27(13-18-9-5-6-11-20(18)25)21(28)15-30-14-17-8-7-10-19(24)12-17/h5-12,16H,13-15H2,1-4H3,(H,26,29)/t16-/m0/s1. The smallest absolute Gasteiger partial charge is 0.242 e. The molecular formula is C23H28Cl2N2O2S. The minimum Gasteiger partial charge on any atom is -0.350 e. The predicted molar refractivity (Wildman–Crippen MR) is 127 cm³/mol. The maximum Gasteiger partial charge on any atom is 0.242 e. The lowest BCUT2D eigenvalue weighted by Crippen LogP contribution is -2.52. The van der Waals surface area contributed by atoms with Gasteiger partial charge in [-0.25, -0.2) is 0 Å². The number of hydrogen-bond donors (Lipinski definition) is 1. The van der Waals surface area contributed by atoms with Crippen molar-refractivity contribution >= 4 is 46.8 Å². The average molecular weight is 467 g/mol. The van der Waals surface area contributed by atoms with Crippen LogP contribution in [0.15, 0.2) is 48.5 Å². The molecular weight excluding hydrogens is 439 g/mol. The van der Waals surface area contributed by atoms with E-state index in [1.807, 2.05) is 63.2 Å². The van der Waals surface area contributed by atoms with Gasteiger partial charge in [-0.15, -0.1) is 11.8 Å². The van der Waals surface area contributed by atoms with Gasteiger partial charge in [0, 0.05) is 27.9 Å². The SMILES string of the molecule is C[C@@H](C(=O)NC(C)(C)C)N(Cc1ccccc1Cl)C(=O)CSCc1cccc(Cl)c1. The summed E-state index contributed by atoms with van der Waals surface area (Å²) in [5.74, 6) is 0.611. The lowest BCUT2D eigenvalue weighted by Gasteiger charge is -2.31. The molecule has 7 heteroatoms. The van der Waals surface area contributed by atoms with E-state index < -0.39 is 6.04 Å². The topological polar surface area (TPSA) is 49.4 Å². The molecule has 30 heavy (non-hydrogen) atoms. The number of benzene rings is 2. The largest absolute Gasteiger partial charge is 0.350 e. The van der Waals surface area contributed by atoms with Crippen LogP contribution in [0.1, 0.15) is 38.8 Å². The van der Waals surface area contributed by atoms with Crippen LogP contribution in [0.25, 0.3) is 0 Å². The molecule has 0 aliphatic rings. The first kappa shape index (κ1) is 24.6. The molecule has 0 saturated carbocycles. The number of nitrogens with one attached hydrogen (secondary N) is 1. The molecule has 0 spiro atoms. The molecule has 162 valence electrons. The summed E-state index contributed by atoms with van der Waals surface area (Å²) in [4.78, 5) is 27.4. The number of hydrogen-bond acceptors (Lipinski definition) is 3. The van der Waals surface area contributed by atoms with Crippen LogP contribution in [0.3, 0.4) is 0 Å². The summed E-state index contributed by atoms with van der Waals surface area (Å²) in [5.41, 5.74) is 1.48. The van der Waals surface area contributed by atoms with Crippen LogP contribution in [0, 0.1) is 0 Å². The van der Waals surface area contributed by atoms with Crippen molar-refractivity contribution in [2.75, 3.05) is 5.75 Å². The third-order valence-corrected chi connectivity index (χ3v) is 5.94. The molecule has 1 N–H and O–H groups in total. The second-order valence-electron chi connectivity index (χ2n) is 8.15. The zero-order chi connectivity index (χ0) is 22.3. The highest BCUT2D eigenvalue weighted by atomic mass is 35.5. The summed E-state index contributed by atoms with van der Waals surface area (Å²) in [6.45, 7) is 7.77. The van der Waals surface area contributed by atoms with Gasteiger partial charge < -0.3 is 10.2 Å². The predicted octanol–water partition coefficient (Wildman–Crippen LogP) is 5.56. The summed E-state index contributed by atoms with van der Waals surface area (Å²) >= 11 is 13.8. The van der Waals surface area contributed by atoms with Gasteiger partial charge in [0.25, 0.3) is 0 Å². The molecule has 0 radical (unpaired) electrons. The van der Waals surface area contributed by atoms with Crippen molar-refractivity contribution in [1.82, 2.24) is 10.2 Å². The molecule has 0 fully saturated rings. The lowest BCUT2D eigenvalue weighted by atomic mass is 10.1. The van der Waals surface area contributed by atoms with Crippen molar-refractivity contribution in [2.24, 2.45) is 0 Å². The Balaban J connectivity index is 2.11. The van der Waals surface area contributed by atoms with E-state index in [-0.39, 0.29) is 29.7 Å². The number of nitrogens with zero attached hydrogens (tertiary/aromatic N) is 1. The van der Waals surface area contributed by atoms with Crippen molar-refractivity contribution in [3.05, 3.63) is 69.7 Å². The maximum atomic E-state index is 13.1. The molecule has 2 aromatic carbocycles. The molecule has 2 aromatic rings. The number of halogens is 2. The molecule has 0 saturated heterocycles. The molecule has 1 atom stereocenters. The Morgan fingerprint density at radius 3 is 2.43 bits per heavy atom. The number of thioether (sulfide) groups is 1. The van der Waals surface area contributed by atoms with E-state index in [4.69, 9.17) is 23.2 Å². The van der Waals surface area contributed by atoms with Gasteiger partial charge >= 0.3 is 0 Å². The number of amides is 2. The molecule has 0 bridgehead atoms. The number of rotatable bonds is 8. The number of carbonyl (C=O) groups is 2. The molecule has 0 aliphatic heterocycles. The van der Waals surface area contributed by atoms with Crippen LogP contribution in [-0.4, -0.2) is 34.0 Å². The van der Waals surface area contributed by atoms with E-state index in [1.165, 1.54) is 11.8 Å². The van der Waals surface area contributed by atoms with Gasteiger partial charge in [-0.05, 0) is 57.0 Å². The van der Waals surface area contributed by atoms with Crippen molar-refractivity contribution in [3.8, 4) is 0 Å². The fourth-order valence-electron chi connectivity index (χ4n) is 2.83. The summed E-state index contributed by atoms with van der Waals surface area (Å²) in [7, 11) is 0. The Bertz CT molecular complexity index is 884. The fraction of sp³-hybridized carbons (Fsp3) is 0.391. The van der Waals surface area contributed by atoms with E-state index in [2.05, 4.69) is 5.32 Å². The van der Waals surface area contributed by atoms with Gasteiger partial charge in [0.1, 0.15) is 6.04 Å². The van der Waals surface area contributed by atoms with Crippen LogP contribution in [0.4, 0.5) is 0 Å². The van der Waals surface area contributed by atoms with Crippen molar-refractivity contribution < 1.29 is 9.59 Å². The summed E-state index contributed by atoms with van der Waals surface area (Å²) in [6.07, 6.45) is 0. The minimum atomic E-state index is -0.625. The Labute approximate surface area is 193 Å². The fourth-order valence-corrected chi connectivity index (χ4v) is 4.10. The molecule has 0 aromatic heterocycles. The summed E-state index contributed by atoms with van der Waals surface area (Å²) < 4.78 is 0. The highest BCUT2D eigenvalue weighted by Crippen LogP contribution is 2.21. The second kappa shape index (κ2) is 11.1. The lowest BCUT2D eigenvalue weighted by molar-refractivity contribution is -0.139. The Hall–Kier alpha value is -1.69. The molecule has 0 aliphatic carbocycles. The van der Waals surface area contributed by atoms with Crippen molar-refractivity contribution in [3.63, 3.8) is 0 Å². The van der Waals surface area contributed by atoms with E-state index >= 15 is 0 Å². The Morgan fingerprint density at radius 2 is 1.80 bits per heavy atom. The number of carbonyl (C=O) groups excluding carboxylic acids is 2. The quantitative estimate of drug-likeness (QED) is 0.553.